The highest BCUT2D eigenvalue weighted by atomic mass is 79.9. The summed E-state index contributed by atoms with van der Waals surface area (Å²) < 4.78 is 6.69. The second kappa shape index (κ2) is 6.07. The van der Waals surface area contributed by atoms with Crippen molar-refractivity contribution in [2.75, 3.05) is 6.61 Å². The van der Waals surface area contributed by atoms with Crippen LogP contribution in [0.3, 0.4) is 0 Å². The molecule has 0 unspecified atom stereocenters. The summed E-state index contributed by atoms with van der Waals surface area (Å²) in [6, 6.07) is 15.3. The number of ether oxygens (including phenoxy) is 1. The van der Waals surface area contributed by atoms with Crippen molar-refractivity contribution < 1.29 is 4.74 Å². The Hall–Kier alpha value is -1.25. The van der Waals surface area contributed by atoms with Gasteiger partial charge in [-0.1, -0.05) is 46.2 Å². The first-order valence-corrected chi connectivity index (χ1v) is 6.64. The minimum atomic E-state index is 0.462. The maximum Gasteiger partial charge on any atom is 0.119 e. The SMILES string of the molecule is C=C(COc1ccc(Cl)cc1)c1ccc(Br)cc1. The molecular formula is C15H12BrClO. The lowest BCUT2D eigenvalue weighted by atomic mass is 10.1. The van der Waals surface area contributed by atoms with E-state index in [2.05, 4.69) is 22.5 Å². The van der Waals surface area contributed by atoms with Gasteiger partial charge in [0.25, 0.3) is 0 Å². The number of benzene rings is 2. The van der Waals surface area contributed by atoms with E-state index < -0.39 is 0 Å². The van der Waals surface area contributed by atoms with Crippen LogP contribution in [0.25, 0.3) is 5.57 Å². The van der Waals surface area contributed by atoms with Crippen LogP contribution >= 0.6 is 27.5 Å². The molecule has 0 aliphatic rings. The maximum atomic E-state index is 5.81. The molecule has 0 bridgehead atoms. The molecule has 0 atom stereocenters. The first-order valence-electron chi connectivity index (χ1n) is 5.47. The van der Waals surface area contributed by atoms with Crippen LogP contribution in [-0.4, -0.2) is 6.61 Å². The lowest BCUT2D eigenvalue weighted by molar-refractivity contribution is 0.370. The molecule has 0 radical (unpaired) electrons. The number of rotatable bonds is 4. The van der Waals surface area contributed by atoms with Crippen molar-refractivity contribution >= 4 is 33.1 Å². The molecule has 18 heavy (non-hydrogen) atoms. The third-order valence-corrected chi connectivity index (χ3v) is 3.26. The standard InChI is InChI=1S/C15H12BrClO/c1-11(12-2-4-13(16)5-3-12)10-18-15-8-6-14(17)7-9-15/h2-9H,1,10H2. The van der Waals surface area contributed by atoms with E-state index in [1.165, 1.54) is 0 Å². The third-order valence-electron chi connectivity index (χ3n) is 2.48. The molecule has 92 valence electrons. The molecule has 1 nitrogen and oxygen atoms in total. The highest BCUT2D eigenvalue weighted by molar-refractivity contribution is 9.10. The van der Waals surface area contributed by atoms with Crippen molar-refractivity contribution in [2.24, 2.45) is 0 Å². The minimum Gasteiger partial charge on any atom is -0.489 e. The van der Waals surface area contributed by atoms with Crippen LogP contribution in [-0.2, 0) is 0 Å². The molecule has 0 aromatic heterocycles. The summed E-state index contributed by atoms with van der Waals surface area (Å²) in [6.45, 7) is 4.48. The second-order valence-corrected chi connectivity index (χ2v) is 5.21. The van der Waals surface area contributed by atoms with E-state index >= 15 is 0 Å². The number of hydrogen-bond acceptors (Lipinski definition) is 1. The molecule has 3 heteroatoms. The molecule has 0 heterocycles. The van der Waals surface area contributed by atoms with Crippen LogP contribution in [0.1, 0.15) is 5.56 Å². The van der Waals surface area contributed by atoms with Gasteiger partial charge in [-0.2, -0.15) is 0 Å². The van der Waals surface area contributed by atoms with Gasteiger partial charge in [0.05, 0.1) is 0 Å². The highest BCUT2D eigenvalue weighted by Gasteiger charge is 2.00. The summed E-state index contributed by atoms with van der Waals surface area (Å²) in [5, 5.41) is 0.703. The predicted molar refractivity (Wildman–Crippen MR) is 80.1 cm³/mol. The molecule has 0 spiro atoms. The van der Waals surface area contributed by atoms with Gasteiger partial charge in [-0.05, 0) is 47.5 Å². The first-order chi connectivity index (χ1) is 8.65. The van der Waals surface area contributed by atoms with Crippen LogP contribution < -0.4 is 4.74 Å². The molecule has 0 aliphatic heterocycles. The summed E-state index contributed by atoms with van der Waals surface area (Å²) in [7, 11) is 0. The van der Waals surface area contributed by atoms with Gasteiger partial charge in [0, 0.05) is 9.50 Å². The summed E-state index contributed by atoms with van der Waals surface area (Å²) in [5.74, 6) is 0.790. The molecule has 0 saturated carbocycles. The van der Waals surface area contributed by atoms with E-state index in [1.54, 1.807) is 12.1 Å². The Morgan fingerprint density at radius 2 is 1.67 bits per heavy atom. The molecule has 0 saturated heterocycles. The van der Waals surface area contributed by atoms with Crippen LogP contribution in [0.15, 0.2) is 59.6 Å². The van der Waals surface area contributed by atoms with Crippen molar-refractivity contribution in [1.82, 2.24) is 0 Å². The Morgan fingerprint density at radius 3 is 2.28 bits per heavy atom. The maximum absolute atomic E-state index is 5.81. The smallest absolute Gasteiger partial charge is 0.119 e. The zero-order chi connectivity index (χ0) is 13.0. The normalized spacial score (nSPS) is 10.1. The quantitative estimate of drug-likeness (QED) is 0.752. The molecule has 2 rings (SSSR count). The molecule has 0 aliphatic carbocycles. The Bertz CT molecular complexity index is 531. The van der Waals surface area contributed by atoms with E-state index in [1.807, 2.05) is 36.4 Å². The van der Waals surface area contributed by atoms with Gasteiger partial charge in [-0.25, -0.2) is 0 Å². The predicted octanol–water partition coefficient (Wildman–Crippen LogP) is 5.19. The molecule has 2 aromatic rings. The Kier molecular flexibility index (Phi) is 4.45. The van der Waals surface area contributed by atoms with E-state index in [4.69, 9.17) is 16.3 Å². The topological polar surface area (TPSA) is 9.23 Å². The van der Waals surface area contributed by atoms with Crippen molar-refractivity contribution in [3.05, 3.63) is 70.2 Å². The van der Waals surface area contributed by atoms with Crippen molar-refractivity contribution in [2.45, 2.75) is 0 Å². The highest BCUT2D eigenvalue weighted by Crippen LogP contribution is 2.20. The van der Waals surface area contributed by atoms with E-state index in [0.29, 0.717) is 11.6 Å². The van der Waals surface area contributed by atoms with Gasteiger partial charge in [0.1, 0.15) is 12.4 Å². The van der Waals surface area contributed by atoms with E-state index in [9.17, 15) is 0 Å². The average molecular weight is 324 g/mol. The lowest BCUT2D eigenvalue weighted by Gasteiger charge is -2.09. The number of hydrogen-bond donors (Lipinski definition) is 0. The summed E-state index contributed by atoms with van der Waals surface area (Å²) >= 11 is 9.21. The Balaban J connectivity index is 1.96. The fourth-order valence-corrected chi connectivity index (χ4v) is 1.86. The van der Waals surface area contributed by atoms with E-state index in [0.717, 1.165) is 21.4 Å². The van der Waals surface area contributed by atoms with Gasteiger partial charge in [-0.3, -0.25) is 0 Å². The van der Waals surface area contributed by atoms with Gasteiger partial charge in [0.15, 0.2) is 0 Å². The summed E-state index contributed by atoms with van der Waals surface area (Å²) in [6.07, 6.45) is 0. The molecule has 0 N–H and O–H groups in total. The summed E-state index contributed by atoms with van der Waals surface area (Å²) in [4.78, 5) is 0. The fraction of sp³-hybridized carbons (Fsp3) is 0.0667. The Morgan fingerprint density at radius 1 is 1.06 bits per heavy atom. The summed E-state index contributed by atoms with van der Waals surface area (Å²) in [5.41, 5.74) is 2.02. The van der Waals surface area contributed by atoms with Crippen LogP contribution in [0.4, 0.5) is 0 Å². The second-order valence-electron chi connectivity index (χ2n) is 3.85. The first kappa shape index (κ1) is 13.2. The monoisotopic (exact) mass is 322 g/mol. The lowest BCUT2D eigenvalue weighted by Crippen LogP contribution is -1.99. The van der Waals surface area contributed by atoms with Crippen molar-refractivity contribution in [1.29, 1.82) is 0 Å². The molecule has 2 aromatic carbocycles. The van der Waals surface area contributed by atoms with Gasteiger partial charge >= 0.3 is 0 Å². The number of halogens is 2. The molecule has 0 fully saturated rings. The fourth-order valence-electron chi connectivity index (χ4n) is 1.47. The van der Waals surface area contributed by atoms with Crippen LogP contribution in [0.5, 0.6) is 5.75 Å². The average Bonchev–Trinajstić information content (AvgIpc) is 2.38. The molecule has 0 amide bonds. The minimum absolute atomic E-state index is 0.462. The van der Waals surface area contributed by atoms with Crippen molar-refractivity contribution in [3.8, 4) is 5.75 Å². The molecular weight excluding hydrogens is 312 g/mol. The largest absolute Gasteiger partial charge is 0.489 e. The van der Waals surface area contributed by atoms with Crippen LogP contribution in [0.2, 0.25) is 5.02 Å². The van der Waals surface area contributed by atoms with Gasteiger partial charge in [0.2, 0.25) is 0 Å². The zero-order valence-electron chi connectivity index (χ0n) is 9.70. The van der Waals surface area contributed by atoms with Crippen LogP contribution in [0, 0.1) is 0 Å². The van der Waals surface area contributed by atoms with Crippen molar-refractivity contribution in [3.63, 3.8) is 0 Å². The van der Waals surface area contributed by atoms with Gasteiger partial charge < -0.3 is 4.74 Å². The van der Waals surface area contributed by atoms with Gasteiger partial charge in [-0.15, -0.1) is 0 Å². The zero-order valence-corrected chi connectivity index (χ0v) is 12.0. The Labute approximate surface area is 120 Å². The van der Waals surface area contributed by atoms with E-state index in [-0.39, 0.29) is 0 Å². The third kappa shape index (κ3) is 3.62.